The lowest BCUT2D eigenvalue weighted by molar-refractivity contribution is -0.122. The topological polar surface area (TPSA) is 41.1 Å². The van der Waals surface area contributed by atoms with Crippen LogP contribution in [0.1, 0.15) is 49.8 Å². The Kier molecular flexibility index (Phi) is 5.60. The van der Waals surface area contributed by atoms with Crippen molar-refractivity contribution in [3.8, 4) is 0 Å². The minimum Gasteiger partial charge on any atom is -0.350 e. The molecule has 1 aromatic rings. The molecule has 0 bridgehead atoms. The molecular formula is C17H26N2O. The van der Waals surface area contributed by atoms with E-state index in [-0.39, 0.29) is 11.9 Å². The third-order valence-corrected chi connectivity index (χ3v) is 4.13. The van der Waals surface area contributed by atoms with Gasteiger partial charge in [0.2, 0.25) is 5.91 Å². The molecule has 1 fully saturated rings. The quantitative estimate of drug-likeness (QED) is 0.866. The van der Waals surface area contributed by atoms with Gasteiger partial charge in [-0.15, -0.1) is 0 Å². The van der Waals surface area contributed by atoms with Gasteiger partial charge in [0, 0.05) is 6.42 Å². The number of piperidine rings is 1. The van der Waals surface area contributed by atoms with Gasteiger partial charge in [-0.3, -0.25) is 4.79 Å². The predicted octanol–water partition coefficient (Wildman–Crippen LogP) is 2.95. The Morgan fingerprint density at radius 1 is 1.40 bits per heavy atom. The van der Waals surface area contributed by atoms with E-state index in [4.69, 9.17) is 0 Å². The zero-order chi connectivity index (χ0) is 14.4. The van der Waals surface area contributed by atoms with Crippen molar-refractivity contribution in [1.29, 1.82) is 0 Å². The summed E-state index contributed by atoms with van der Waals surface area (Å²) in [7, 11) is 0. The first kappa shape index (κ1) is 15.0. The van der Waals surface area contributed by atoms with Crippen molar-refractivity contribution in [3.63, 3.8) is 0 Å². The molecule has 2 atom stereocenters. The molecule has 1 aliphatic rings. The summed E-state index contributed by atoms with van der Waals surface area (Å²) < 4.78 is 0. The molecule has 1 unspecified atom stereocenters. The first-order valence-electron chi connectivity index (χ1n) is 7.72. The number of hydrogen-bond donors (Lipinski definition) is 2. The minimum atomic E-state index is 0.0904. The van der Waals surface area contributed by atoms with Gasteiger partial charge in [0.05, 0.1) is 6.04 Å². The van der Waals surface area contributed by atoms with Gasteiger partial charge in [0.1, 0.15) is 0 Å². The van der Waals surface area contributed by atoms with E-state index in [0.29, 0.717) is 12.3 Å². The van der Waals surface area contributed by atoms with E-state index in [2.05, 4.69) is 41.8 Å². The summed E-state index contributed by atoms with van der Waals surface area (Å²) in [6.45, 7) is 6.32. The zero-order valence-electron chi connectivity index (χ0n) is 12.6. The molecule has 20 heavy (non-hydrogen) atoms. The molecule has 1 aromatic carbocycles. The lowest BCUT2D eigenvalue weighted by atomic mass is 9.94. The van der Waals surface area contributed by atoms with Crippen LogP contribution in [0.2, 0.25) is 0 Å². The summed E-state index contributed by atoms with van der Waals surface area (Å²) in [6, 6.07) is 8.45. The van der Waals surface area contributed by atoms with Crippen LogP contribution in [0.15, 0.2) is 24.3 Å². The summed E-state index contributed by atoms with van der Waals surface area (Å²) in [5.41, 5.74) is 2.42. The molecule has 2 rings (SSSR count). The second kappa shape index (κ2) is 7.44. The average molecular weight is 274 g/mol. The highest BCUT2D eigenvalue weighted by molar-refractivity contribution is 5.76. The summed E-state index contributed by atoms with van der Waals surface area (Å²) >= 11 is 0. The maximum absolute atomic E-state index is 12.0. The Balaban J connectivity index is 1.74. The molecule has 0 radical (unpaired) electrons. The van der Waals surface area contributed by atoms with Crippen LogP contribution in [0.4, 0.5) is 0 Å². The number of benzene rings is 1. The van der Waals surface area contributed by atoms with Gasteiger partial charge in [-0.05, 0) is 57.7 Å². The van der Waals surface area contributed by atoms with Crippen LogP contribution in [-0.2, 0) is 4.79 Å². The lowest BCUT2D eigenvalue weighted by Crippen LogP contribution is -2.31. The van der Waals surface area contributed by atoms with E-state index >= 15 is 0 Å². The molecule has 3 heteroatoms. The van der Waals surface area contributed by atoms with Gasteiger partial charge >= 0.3 is 0 Å². The maximum atomic E-state index is 12.0. The fraction of sp³-hybridized carbons (Fsp3) is 0.588. The van der Waals surface area contributed by atoms with Crippen LogP contribution in [0.25, 0.3) is 0 Å². The van der Waals surface area contributed by atoms with E-state index in [1.807, 2.05) is 6.92 Å². The van der Waals surface area contributed by atoms with Gasteiger partial charge in [-0.1, -0.05) is 29.8 Å². The number of aryl methyl sites for hydroxylation is 1. The standard InChI is InChI=1S/C17H26N2O/c1-13-5-8-16(9-6-13)14(2)19-17(20)10-7-15-4-3-11-18-12-15/h5-6,8-9,14-15,18H,3-4,7,10-12H2,1-2H3,(H,19,20)/t14-,15?/m0/s1. The van der Waals surface area contributed by atoms with Crippen molar-refractivity contribution in [3.05, 3.63) is 35.4 Å². The third-order valence-electron chi connectivity index (χ3n) is 4.13. The molecule has 1 saturated heterocycles. The predicted molar refractivity (Wildman–Crippen MR) is 82.6 cm³/mol. The van der Waals surface area contributed by atoms with E-state index in [1.165, 1.54) is 24.0 Å². The van der Waals surface area contributed by atoms with Gasteiger partial charge in [-0.2, -0.15) is 0 Å². The maximum Gasteiger partial charge on any atom is 0.220 e. The molecule has 2 N–H and O–H groups in total. The highest BCUT2D eigenvalue weighted by Gasteiger charge is 2.15. The number of hydrogen-bond acceptors (Lipinski definition) is 2. The number of carbonyl (C=O) groups is 1. The molecule has 1 amide bonds. The van der Waals surface area contributed by atoms with E-state index in [1.54, 1.807) is 0 Å². The monoisotopic (exact) mass is 274 g/mol. The SMILES string of the molecule is Cc1ccc([C@H](C)NC(=O)CCC2CCCNC2)cc1. The normalized spacial score (nSPS) is 20.4. The van der Waals surface area contributed by atoms with E-state index in [0.717, 1.165) is 19.5 Å². The smallest absolute Gasteiger partial charge is 0.220 e. The Morgan fingerprint density at radius 2 is 2.15 bits per heavy atom. The number of amides is 1. The van der Waals surface area contributed by atoms with E-state index in [9.17, 15) is 4.79 Å². The fourth-order valence-electron chi connectivity index (χ4n) is 2.76. The Labute approximate surface area is 122 Å². The Morgan fingerprint density at radius 3 is 2.80 bits per heavy atom. The van der Waals surface area contributed by atoms with Gasteiger partial charge < -0.3 is 10.6 Å². The van der Waals surface area contributed by atoms with Crippen molar-refractivity contribution in [2.24, 2.45) is 5.92 Å². The van der Waals surface area contributed by atoms with Crippen LogP contribution < -0.4 is 10.6 Å². The molecule has 110 valence electrons. The zero-order valence-corrected chi connectivity index (χ0v) is 12.6. The van der Waals surface area contributed by atoms with Crippen LogP contribution in [0.5, 0.6) is 0 Å². The van der Waals surface area contributed by atoms with Crippen molar-refractivity contribution < 1.29 is 4.79 Å². The first-order valence-corrected chi connectivity index (χ1v) is 7.72. The second-order valence-electron chi connectivity index (χ2n) is 5.95. The van der Waals surface area contributed by atoms with E-state index < -0.39 is 0 Å². The number of carbonyl (C=O) groups excluding carboxylic acids is 1. The molecule has 1 aliphatic heterocycles. The van der Waals surface area contributed by atoms with Gasteiger partial charge in [-0.25, -0.2) is 0 Å². The largest absolute Gasteiger partial charge is 0.350 e. The van der Waals surface area contributed by atoms with Crippen molar-refractivity contribution in [2.45, 2.75) is 45.6 Å². The Hall–Kier alpha value is -1.35. The molecule has 3 nitrogen and oxygen atoms in total. The summed E-state index contributed by atoms with van der Waals surface area (Å²) in [5, 5.41) is 6.49. The van der Waals surface area contributed by atoms with Crippen LogP contribution >= 0.6 is 0 Å². The molecule has 0 spiro atoms. The van der Waals surface area contributed by atoms with Crippen LogP contribution in [0, 0.1) is 12.8 Å². The van der Waals surface area contributed by atoms with Crippen molar-refractivity contribution in [2.75, 3.05) is 13.1 Å². The highest BCUT2D eigenvalue weighted by Crippen LogP contribution is 2.17. The van der Waals surface area contributed by atoms with Gasteiger partial charge in [0.25, 0.3) is 0 Å². The average Bonchev–Trinajstić information content (AvgIpc) is 2.47. The summed E-state index contributed by atoms with van der Waals surface area (Å²) in [5.74, 6) is 0.841. The minimum absolute atomic E-state index is 0.0904. The van der Waals surface area contributed by atoms with Crippen LogP contribution in [-0.4, -0.2) is 19.0 Å². The van der Waals surface area contributed by atoms with Crippen LogP contribution in [0.3, 0.4) is 0 Å². The molecule has 1 heterocycles. The number of rotatable bonds is 5. The third kappa shape index (κ3) is 4.64. The summed E-state index contributed by atoms with van der Waals surface area (Å²) in [6.07, 6.45) is 4.14. The Bertz CT molecular complexity index is 421. The van der Waals surface area contributed by atoms with Crippen molar-refractivity contribution >= 4 is 5.91 Å². The van der Waals surface area contributed by atoms with Crippen molar-refractivity contribution in [1.82, 2.24) is 10.6 Å². The molecule has 0 saturated carbocycles. The molecule has 0 aliphatic carbocycles. The first-order chi connectivity index (χ1) is 9.65. The lowest BCUT2D eigenvalue weighted by Gasteiger charge is -2.22. The molecule has 0 aromatic heterocycles. The van der Waals surface area contributed by atoms with Gasteiger partial charge in [0.15, 0.2) is 0 Å². The summed E-state index contributed by atoms with van der Waals surface area (Å²) in [4.78, 5) is 12.0. The highest BCUT2D eigenvalue weighted by atomic mass is 16.1. The number of nitrogens with one attached hydrogen (secondary N) is 2. The molecular weight excluding hydrogens is 248 g/mol. The second-order valence-corrected chi connectivity index (χ2v) is 5.95. The fourth-order valence-corrected chi connectivity index (χ4v) is 2.76.